The van der Waals surface area contributed by atoms with Crippen LogP contribution in [0.25, 0.3) is 0 Å². The number of hydrogen-bond donors (Lipinski definition) is 2. The maximum absolute atomic E-state index is 4.53. The Morgan fingerprint density at radius 2 is 1.84 bits per heavy atom. The Labute approximate surface area is 191 Å². The number of hydrogen-bond acceptors (Lipinski definition) is 4. The van der Waals surface area contributed by atoms with Crippen LogP contribution in [0.3, 0.4) is 0 Å². The van der Waals surface area contributed by atoms with Gasteiger partial charge in [0.2, 0.25) is 0 Å². The lowest BCUT2D eigenvalue weighted by atomic mass is 10.0. The van der Waals surface area contributed by atoms with E-state index in [1.165, 1.54) is 30.6 Å². The molecule has 31 heavy (non-hydrogen) atoms. The molecule has 1 aromatic carbocycles. The molecule has 1 aliphatic heterocycles. The first-order valence-corrected chi connectivity index (χ1v) is 12.4. The molecule has 2 N–H and O–H groups in total. The molecule has 0 amide bonds. The molecule has 0 atom stereocenters. The fourth-order valence-electron chi connectivity index (χ4n) is 4.66. The number of benzene rings is 1. The fourth-order valence-corrected chi connectivity index (χ4v) is 6.09. The van der Waals surface area contributed by atoms with E-state index in [4.69, 9.17) is 0 Å². The van der Waals surface area contributed by atoms with Crippen molar-refractivity contribution in [2.45, 2.75) is 60.8 Å². The Bertz CT molecular complexity index is 812. The van der Waals surface area contributed by atoms with Crippen molar-refractivity contribution in [3.63, 3.8) is 0 Å². The molecule has 166 valence electrons. The minimum atomic E-state index is 0.269. The first-order valence-electron chi connectivity index (χ1n) is 11.6. The number of nitrogens with zero attached hydrogens (tertiary/aromatic N) is 3. The topological polar surface area (TPSA) is 52.6 Å². The van der Waals surface area contributed by atoms with Crippen LogP contribution in [-0.2, 0) is 6.54 Å². The lowest BCUT2D eigenvalue weighted by Gasteiger charge is -2.34. The zero-order valence-electron chi connectivity index (χ0n) is 18.6. The summed E-state index contributed by atoms with van der Waals surface area (Å²) in [5.41, 5.74) is 1.16. The van der Waals surface area contributed by atoms with Crippen molar-refractivity contribution >= 4 is 17.7 Å². The van der Waals surface area contributed by atoms with Crippen LogP contribution in [0.2, 0.25) is 0 Å². The van der Waals surface area contributed by atoms with E-state index in [1.807, 2.05) is 31.1 Å². The van der Waals surface area contributed by atoms with Gasteiger partial charge in [-0.1, -0.05) is 37.1 Å². The van der Waals surface area contributed by atoms with Gasteiger partial charge < -0.3 is 10.6 Å². The lowest BCUT2D eigenvalue weighted by Crippen LogP contribution is -2.50. The van der Waals surface area contributed by atoms with Gasteiger partial charge in [0, 0.05) is 55.1 Å². The van der Waals surface area contributed by atoms with Crippen LogP contribution in [0, 0.1) is 0 Å². The zero-order valence-corrected chi connectivity index (χ0v) is 19.4. The Morgan fingerprint density at radius 3 is 2.52 bits per heavy atom. The van der Waals surface area contributed by atoms with Crippen molar-refractivity contribution in [3.8, 4) is 0 Å². The van der Waals surface area contributed by atoms with Gasteiger partial charge in [0.25, 0.3) is 0 Å². The molecule has 0 bridgehead atoms. The van der Waals surface area contributed by atoms with Crippen molar-refractivity contribution in [1.82, 2.24) is 20.5 Å². The van der Waals surface area contributed by atoms with Crippen LogP contribution in [-0.4, -0.2) is 53.3 Å². The van der Waals surface area contributed by atoms with Crippen LogP contribution >= 0.6 is 11.8 Å². The quantitative estimate of drug-likeness (QED) is 0.499. The normalized spacial score (nSPS) is 20.0. The number of rotatable bonds is 7. The van der Waals surface area contributed by atoms with Gasteiger partial charge in [0.05, 0.1) is 5.69 Å². The minimum absolute atomic E-state index is 0.269. The Hall–Kier alpha value is -2.05. The van der Waals surface area contributed by atoms with Crippen molar-refractivity contribution in [1.29, 1.82) is 0 Å². The highest BCUT2D eigenvalue weighted by Crippen LogP contribution is 2.44. The number of aliphatic imine (C=N–C) groups is 1. The van der Waals surface area contributed by atoms with Crippen LogP contribution in [0.1, 0.15) is 44.2 Å². The highest BCUT2D eigenvalue weighted by atomic mass is 32.2. The van der Waals surface area contributed by atoms with Crippen molar-refractivity contribution in [3.05, 3.63) is 60.4 Å². The van der Waals surface area contributed by atoms with E-state index in [2.05, 4.69) is 68.0 Å². The maximum atomic E-state index is 4.53. The number of guanidine groups is 1. The second kappa shape index (κ2) is 11.0. The second-order valence-corrected chi connectivity index (χ2v) is 10.3. The molecular weight excluding hydrogens is 402 g/mol. The largest absolute Gasteiger partial charge is 0.355 e. The third-order valence-electron chi connectivity index (χ3n) is 6.43. The van der Waals surface area contributed by atoms with Gasteiger partial charge in [-0.25, -0.2) is 0 Å². The maximum Gasteiger partial charge on any atom is 0.191 e. The zero-order chi connectivity index (χ0) is 21.4. The summed E-state index contributed by atoms with van der Waals surface area (Å²) < 4.78 is 0.269. The summed E-state index contributed by atoms with van der Waals surface area (Å²) in [4.78, 5) is 12.9. The van der Waals surface area contributed by atoms with Gasteiger partial charge in [0.1, 0.15) is 0 Å². The minimum Gasteiger partial charge on any atom is -0.355 e. The van der Waals surface area contributed by atoms with Gasteiger partial charge in [0.15, 0.2) is 5.96 Å². The first-order chi connectivity index (χ1) is 15.2. The summed E-state index contributed by atoms with van der Waals surface area (Å²) in [6.45, 7) is 4.10. The van der Waals surface area contributed by atoms with E-state index >= 15 is 0 Å². The average Bonchev–Trinajstić information content (AvgIpc) is 3.27. The molecule has 2 aliphatic rings. The van der Waals surface area contributed by atoms with Crippen LogP contribution in [0.4, 0.5) is 0 Å². The first kappa shape index (κ1) is 22.2. The third kappa shape index (κ3) is 6.47. The van der Waals surface area contributed by atoms with Crippen LogP contribution < -0.4 is 10.6 Å². The molecule has 0 radical (unpaired) electrons. The molecule has 1 aromatic heterocycles. The summed E-state index contributed by atoms with van der Waals surface area (Å²) in [6, 6.07) is 17.5. The van der Waals surface area contributed by atoms with Gasteiger partial charge in [-0.2, -0.15) is 0 Å². The van der Waals surface area contributed by atoms with E-state index in [-0.39, 0.29) is 4.75 Å². The van der Waals surface area contributed by atoms with Crippen molar-refractivity contribution in [2.24, 2.45) is 4.99 Å². The van der Waals surface area contributed by atoms with Crippen molar-refractivity contribution < 1.29 is 0 Å². The summed E-state index contributed by atoms with van der Waals surface area (Å²) in [6.07, 6.45) is 9.33. The molecule has 2 aromatic rings. The average molecular weight is 438 g/mol. The highest BCUT2D eigenvalue weighted by molar-refractivity contribution is 8.00. The Balaban J connectivity index is 1.25. The number of aromatic nitrogens is 1. The number of nitrogens with one attached hydrogen (secondary N) is 2. The predicted octanol–water partition coefficient (Wildman–Crippen LogP) is 4.32. The smallest absolute Gasteiger partial charge is 0.191 e. The molecule has 2 fully saturated rings. The lowest BCUT2D eigenvalue weighted by molar-refractivity contribution is 0.196. The molecule has 6 heteroatoms. The molecule has 1 aliphatic carbocycles. The Morgan fingerprint density at radius 1 is 1.10 bits per heavy atom. The summed E-state index contributed by atoms with van der Waals surface area (Å²) in [5.74, 6) is 0.947. The third-order valence-corrected chi connectivity index (χ3v) is 7.93. The number of pyridine rings is 1. The molecular formula is C25H35N5S. The molecule has 1 saturated heterocycles. The molecule has 2 heterocycles. The SMILES string of the molecule is CN=C(NCC1(Sc2ccccc2)CCCC1)NC1CCN(Cc2ccccn2)CC1. The van der Waals surface area contributed by atoms with Gasteiger partial charge >= 0.3 is 0 Å². The van der Waals surface area contributed by atoms with E-state index in [1.54, 1.807) is 0 Å². The van der Waals surface area contributed by atoms with Gasteiger partial charge in [-0.05, 0) is 49.9 Å². The summed E-state index contributed by atoms with van der Waals surface area (Å²) >= 11 is 2.04. The van der Waals surface area contributed by atoms with E-state index in [0.717, 1.165) is 50.7 Å². The highest BCUT2D eigenvalue weighted by Gasteiger charge is 2.35. The Kier molecular flexibility index (Phi) is 7.86. The van der Waals surface area contributed by atoms with Crippen LogP contribution in [0.5, 0.6) is 0 Å². The molecule has 0 unspecified atom stereocenters. The fraction of sp³-hybridized carbons (Fsp3) is 0.520. The summed E-state index contributed by atoms with van der Waals surface area (Å²) in [7, 11) is 1.89. The summed E-state index contributed by atoms with van der Waals surface area (Å²) in [5, 5.41) is 7.35. The molecule has 0 spiro atoms. The second-order valence-electron chi connectivity index (χ2n) is 8.75. The monoisotopic (exact) mass is 437 g/mol. The molecule has 1 saturated carbocycles. The molecule has 5 nitrogen and oxygen atoms in total. The van der Waals surface area contributed by atoms with E-state index in [0.29, 0.717) is 6.04 Å². The van der Waals surface area contributed by atoms with E-state index in [9.17, 15) is 0 Å². The van der Waals surface area contributed by atoms with Crippen molar-refractivity contribution in [2.75, 3.05) is 26.7 Å². The van der Waals surface area contributed by atoms with Gasteiger partial charge in [-0.15, -0.1) is 11.8 Å². The number of thioether (sulfide) groups is 1. The number of likely N-dealkylation sites (tertiary alicyclic amines) is 1. The predicted molar refractivity (Wildman–Crippen MR) is 131 cm³/mol. The number of piperidine rings is 1. The van der Waals surface area contributed by atoms with Gasteiger partial charge in [-0.3, -0.25) is 14.9 Å². The van der Waals surface area contributed by atoms with Crippen LogP contribution in [0.15, 0.2) is 64.6 Å². The standard InChI is InChI=1S/C25H35N5S/c1-26-24(28-20-25(14-6-7-15-25)31-23-10-3-2-4-11-23)29-21-12-17-30(18-13-21)19-22-9-5-8-16-27-22/h2-5,8-11,16,21H,6-7,12-15,17-20H2,1H3,(H2,26,28,29). The van der Waals surface area contributed by atoms with E-state index < -0.39 is 0 Å². The molecule has 4 rings (SSSR count).